The van der Waals surface area contributed by atoms with Gasteiger partial charge in [0.15, 0.2) is 0 Å². The van der Waals surface area contributed by atoms with Gasteiger partial charge in [-0.25, -0.2) is 9.59 Å². The molecule has 0 unspecified atom stereocenters. The third-order valence-electron chi connectivity index (χ3n) is 2.66. The fourth-order valence-corrected chi connectivity index (χ4v) is 2.43. The van der Waals surface area contributed by atoms with Crippen LogP contribution in [0.25, 0.3) is 0 Å². The zero-order chi connectivity index (χ0) is 14.5. The predicted octanol–water partition coefficient (Wildman–Crippen LogP) is 3.20. The molecule has 0 aliphatic heterocycles. The van der Waals surface area contributed by atoms with E-state index in [2.05, 4.69) is 4.74 Å². The number of benzene rings is 1. The maximum Gasteiger partial charge on any atom is 0.348 e. The molecule has 0 atom stereocenters. The second-order valence-corrected chi connectivity index (χ2v) is 5.47. The van der Waals surface area contributed by atoms with Crippen molar-refractivity contribution in [2.24, 2.45) is 0 Å². The van der Waals surface area contributed by atoms with E-state index in [9.17, 15) is 9.59 Å². The van der Waals surface area contributed by atoms with E-state index in [0.717, 1.165) is 10.4 Å². The van der Waals surface area contributed by atoms with Crippen LogP contribution in [0.4, 0.5) is 0 Å². The standard InChI is InChI=1S/C15H14O4S/c1-10-6-7-13(20-10)15(17)19-9-11-4-3-5-12(8-11)14(16)18-2/h3-8H,9H2,1-2H3. The molecule has 0 spiro atoms. The molecule has 2 rings (SSSR count). The van der Waals surface area contributed by atoms with Gasteiger partial charge >= 0.3 is 11.9 Å². The van der Waals surface area contributed by atoms with Gasteiger partial charge in [0.25, 0.3) is 0 Å². The van der Waals surface area contributed by atoms with Crippen LogP contribution in [0.3, 0.4) is 0 Å². The molecule has 0 fully saturated rings. The number of thiophene rings is 1. The number of methoxy groups -OCH3 is 1. The average molecular weight is 290 g/mol. The smallest absolute Gasteiger partial charge is 0.348 e. The second-order valence-electron chi connectivity index (χ2n) is 4.18. The Balaban J connectivity index is 2.00. The van der Waals surface area contributed by atoms with E-state index in [0.29, 0.717) is 10.4 Å². The van der Waals surface area contributed by atoms with Crippen molar-refractivity contribution >= 4 is 23.3 Å². The maximum absolute atomic E-state index is 11.8. The minimum Gasteiger partial charge on any atom is -0.465 e. The van der Waals surface area contributed by atoms with Crippen molar-refractivity contribution < 1.29 is 19.1 Å². The first-order valence-corrected chi connectivity index (χ1v) is 6.82. The Labute approximate surface area is 121 Å². The van der Waals surface area contributed by atoms with Crippen molar-refractivity contribution in [3.05, 3.63) is 57.3 Å². The Hall–Kier alpha value is -2.14. The van der Waals surface area contributed by atoms with Crippen molar-refractivity contribution in [3.63, 3.8) is 0 Å². The van der Waals surface area contributed by atoms with Gasteiger partial charge in [0, 0.05) is 4.88 Å². The molecule has 2 aromatic rings. The first kappa shape index (κ1) is 14.3. The third-order valence-corrected chi connectivity index (χ3v) is 3.64. The molecule has 5 heteroatoms. The summed E-state index contributed by atoms with van der Waals surface area (Å²) in [6, 6.07) is 10.4. The highest BCUT2D eigenvalue weighted by Gasteiger charge is 2.11. The summed E-state index contributed by atoms with van der Waals surface area (Å²) in [6.45, 7) is 2.06. The fraction of sp³-hybridized carbons (Fsp3) is 0.200. The summed E-state index contributed by atoms with van der Waals surface area (Å²) in [7, 11) is 1.33. The molecule has 0 saturated heterocycles. The minimum absolute atomic E-state index is 0.126. The van der Waals surface area contributed by atoms with E-state index in [4.69, 9.17) is 4.74 Å². The molecule has 0 amide bonds. The zero-order valence-electron chi connectivity index (χ0n) is 11.2. The number of hydrogen-bond acceptors (Lipinski definition) is 5. The molecule has 20 heavy (non-hydrogen) atoms. The molecule has 0 radical (unpaired) electrons. The average Bonchev–Trinajstić information content (AvgIpc) is 2.91. The molecule has 0 saturated carbocycles. The second kappa shape index (κ2) is 6.34. The van der Waals surface area contributed by atoms with Gasteiger partial charge in [-0.1, -0.05) is 12.1 Å². The number of rotatable bonds is 4. The van der Waals surface area contributed by atoms with Crippen LogP contribution in [0.5, 0.6) is 0 Å². The van der Waals surface area contributed by atoms with E-state index in [-0.39, 0.29) is 12.6 Å². The van der Waals surface area contributed by atoms with Crippen molar-refractivity contribution in [1.82, 2.24) is 0 Å². The summed E-state index contributed by atoms with van der Waals surface area (Å²) < 4.78 is 9.86. The number of esters is 2. The maximum atomic E-state index is 11.8. The Kier molecular flexibility index (Phi) is 4.53. The lowest BCUT2D eigenvalue weighted by Gasteiger charge is -2.05. The molecule has 1 heterocycles. The lowest BCUT2D eigenvalue weighted by Crippen LogP contribution is -2.05. The Morgan fingerprint density at radius 2 is 1.95 bits per heavy atom. The molecule has 4 nitrogen and oxygen atoms in total. The third kappa shape index (κ3) is 3.45. The number of hydrogen-bond donors (Lipinski definition) is 0. The summed E-state index contributed by atoms with van der Waals surface area (Å²) in [5.74, 6) is -0.765. The number of aryl methyl sites for hydroxylation is 1. The van der Waals surface area contributed by atoms with Gasteiger partial charge in [0.05, 0.1) is 12.7 Å². The van der Waals surface area contributed by atoms with Crippen LogP contribution in [-0.2, 0) is 16.1 Å². The highest BCUT2D eigenvalue weighted by Crippen LogP contribution is 2.17. The van der Waals surface area contributed by atoms with E-state index >= 15 is 0 Å². The van der Waals surface area contributed by atoms with Gasteiger partial charge in [0.1, 0.15) is 11.5 Å². The summed E-state index contributed by atoms with van der Waals surface area (Å²) in [4.78, 5) is 24.8. The van der Waals surface area contributed by atoms with Crippen LogP contribution in [0.15, 0.2) is 36.4 Å². The summed E-state index contributed by atoms with van der Waals surface area (Å²) in [5, 5.41) is 0. The van der Waals surface area contributed by atoms with Crippen molar-refractivity contribution in [2.45, 2.75) is 13.5 Å². The van der Waals surface area contributed by atoms with Crippen LogP contribution in [0, 0.1) is 6.92 Å². The molecule has 1 aromatic carbocycles. The molecule has 0 aliphatic rings. The van der Waals surface area contributed by atoms with Gasteiger partial charge in [-0.05, 0) is 36.8 Å². The van der Waals surface area contributed by atoms with E-state index in [1.165, 1.54) is 18.4 Å². The largest absolute Gasteiger partial charge is 0.465 e. The van der Waals surface area contributed by atoms with Crippen LogP contribution >= 0.6 is 11.3 Å². The molecule has 0 N–H and O–H groups in total. The normalized spacial score (nSPS) is 10.1. The predicted molar refractivity (Wildman–Crippen MR) is 76.0 cm³/mol. The van der Waals surface area contributed by atoms with Crippen molar-refractivity contribution in [1.29, 1.82) is 0 Å². The molecule has 0 aliphatic carbocycles. The van der Waals surface area contributed by atoms with Gasteiger partial charge in [-0.15, -0.1) is 11.3 Å². The van der Waals surface area contributed by atoms with Gasteiger partial charge in [-0.3, -0.25) is 0 Å². The summed E-state index contributed by atoms with van der Waals surface area (Å²) in [5.41, 5.74) is 1.18. The van der Waals surface area contributed by atoms with Gasteiger partial charge in [-0.2, -0.15) is 0 Å². The lowest BCUT2D eigenvalue weighted by molar-refractivity contribution is 0.0478. The first-order valence-electron chi connectivity index (χ1n) is 6.01. The zero-order valence-corrected chi connectivity index (χ0v) is 12.0. The van der Waals surface area contributed by atoms with E-state index < -0.39 is 5.97 Å². The van der Waals surface area contributed by atoms with Crippen LogP contribution in [-0.4, -0.2) is 19.0 Å². The molecule has 1 aromatic heterocycles. The molecule has 0 bridgehead atoms. The van der Waals surface area contributed by atoms with Crippen LogP contribution in [0.1, 0.15) is 30.5 Å². The fourth-order valence-electron chi connectivity index (χ4n) is 1.67. The first-order chi connectivity index (χ1) is 9.60. The highest BCUT2D eigenvalue weighted by molar-refractivity contribution is 7.13. The van der Waals surface area contributed by atoms with E-state index in [1.807, 2.05) is 13.0 Å². The van der Waals surface area contributed by atoms with Crippen molar-refractivity contribution in [2.75, 3.05) is 7.11 Å². The Bertz CT molecular complexity index is 630. The number of ether oxygens (including phenoxy) is 2. The Morgan fingerprint density at radius 1 is 1.15 bits per heavy atom. The molecule has 104 valence electrons. The quantitative estimate of drug-likeness (QED) is 0.811. The minimum atomic E-state index is -0.410. The molecular weight excluding hydrogens is 276 g/mol. The summed E-state index contributed by atoms with van der Waals surface area (Å²) >= 11 is 1.39. The molecular formula is C15H14O4S. The highest BCUT2D eigenvalue weighted by atomic mass is 32.1. The van der Waals surface area contributed by atoms with Gasteiger partial charge in [0.2, 0.25) is 0 Å². The monoisotopic (exact) mass is 290 g/mol. The lowest BCUT2D eigenvalue weighted by atomic mass is 10.1. The van der Waals surface area contributed by atoms with E-state index in [1.54, 1.807) is 30.3 Å². The summed E-state index contributed by atoms with van der Waals surface area (Å²) in [6.07, 6.45) is 0. The van der Waals surface area contributed by atoms with Crippen molar-refractivity contribution in [3.8, 4) is 0 Å². The van der Waals surface area contributed by atoms with Crippen LogP contribution < -0.4 is 0 Å². The SMILES string of the molecule is COC(=O)c1cccc(COC(=O)c2ccc(C)s2)c1. The number of carbonyl (C=O) groups is 2. The van der Waals surface area contributed by atoms with Crippen LogP contribution in [0.2, 0.25) is 0 Å². The topological polar surface area (TPSA) is 52.6 Å². The Morgan fingerprint density at radius 3 is 2.60 bits per heavy atom. The van der Waals surface area contributed by atoms with Gasteiger partial charge < -0.3 is 9.47 Å². The number of carbonyl (C=O) groups excluding carboxylic acids is 2.